The summed E-state index contributed by atoms with van der Waals surface area (Å²) < 4.78 is 0. The first-order valence-electron chi connectivity index (χ1n) is 4.89. The average Bonchev–Trinajstić information content (AvgIpc) is 2.14. The summed E-state index contributed by atoms with van der Waals surface area (Å²) in [6.45, 7) is 5.52. The summed E-state index contributed by atoms with van der Waals surface area (Å²) in [5.41, 5.74) is 3.16. The van der Waals surface area contributed by atoms with E-state index in [4.69, 9.17) is 11.6 Å². The monoisotopic (exact) mass is 252 g/mol. The largest absolute Gasteiger partial charge is 0.288 e. The van der Waals surface area contributed by atoms with Gasteiger partial charge < -0.3 is 0 Å². The molecule has 0 spiro atoms. The summed E-state index contributed by atoms with van der Waals surface area (Å²) in [5, 5.41) is 0.831. The van der Waals surface area contributed by atoms with E-state index in [9.17, 15) is 4.79 Å². The van der Waals surface area contributed by atoms with Crippen molar-refractivity contribution < 1.29 is 4.79 Å². The van der Waals surface area contributed by atoms with Crippen LogP contribution in [0, 0.1) is 25.7 Å². The second-order valence-corrected chi connectivity index (χ2v) is 5.09. The Morgan fingerprint density at radius 1 is 1.38 bits per heavy atom. The average molecular weight is 253 g/mol. The summed E-state index contributed by atoms with van der Waals surface area (Å²) in [5.74, 6) is 6.60. The molecule has 0 aliphatic rings. The molecule has 0 aliphatic heterocycles. The maximum Gasteiger partial charge on any atom is 0.186 e. The van der Waals surface area contributed by atoms with E-state index in [-0.39, 0.29) is 5.12 Å². The Morgan fingerprint density at radius 3 is 2.44 bits per heavy atom. The minimum Gasteiger partial charge on any atom is -0.288 e. The number of aryl methyl sites for hydroxylation is 2. The fraction of sp³-hybridized carbons (Fsp3) is 0.308. The molecule has 16 heavy (non-hydrogen) atoms. The Hall–Kier alpha value is -0.910. The van der Waals surface area contributed by atoms with Gasteiger partial charge in [0, 0.05) is 17.5 Å². The highest BCUT2D eigenvalue weighted by atomic mass is 35.5. The van der Waals surface area contributed by atoms with Crippen LogP contribution in [-0.4, -0.2) is 10.9 Å². The molecule has 0 aliphatic carbocycles. The summed E-state index contributed by atoms with van der Waals surface area (Å²) in [7, 11) is 0. The normalized spacial score (nSPS) is 9.50. The van der Waals surface area contributed by atoms with Crippen molar-refractivity contribution in [1.29, 1.82) is 0 Å². The summed E-state index contributed by atoms with van der Waals surface area (Å²) in [6, 6.07) is 3.80. The van der Waals surface area contributed by atoms with Gasteiger partial charge in [-0.2, -0.15) is 0 Å². The van der Waals surface area contributed by atoms with E-state index in [1.165, 1.54) is 11.8 Å². The molecule has 1 aromatic rings. The molecule has 0 atom stereocenters. The number of hydrogen-bond donors (Lipinski definition) is 0. The van der Waals surface area contributed by atoms with Crippen molar-refractivity contribution in [1.82, 2.24) is 0 Å². The molecule has 0 radical (unpaired) electrons. The Balaban J connectivity index is 2.84. The van der Waals surface area contributed by atoms with Crippen LogP contribution in [0.2, 0.25) is 5.02 Å². The quantitative estimate of drug-likeness (QED) is 0.711. The number of hydrogen-bond acceptors (Lipinski definition) is 2. The molecule has 0 fully saturated rings. The number of carbonyl (C=O) groups is 1. The van der Waals surface area contributed by atoms with Gasteiger partial charge in [-0.3, -0.25) is 4.79 Å². The molecule has 0 bridgehead atoms. The molecule has 0 saturated heterocycles. The maximum absolute atomic E-state index is 10.7. The summed E-state index contributed by atoms with van der Waals surface area (Å²) >= 11 is 7.15. The van der Waals surface area contributed by atoms with Gasteiger partial charge in [-0.1, -0.05) is 35.2 Å². The molecule has 0 N–H and O–H groups in total. The first-order valence-corrected chi connectivity index (χ1v) is 6.26. The van der Waals surface area contributed by atoms with Crippen molar-refractivity contribution >= 4 is 28.5 Å². The molecule has 0 aromatic heterocycles. The van der Waals surface area contributed by atoms with Gasteiger partial charge in [-0.25, -0.2) is 0 Å². The first kappa shape index (κ1) is 13.2. The van der Waals surface area contributed by atoms with E-state index in [0.717, 1.165) is 21.7 Å². The van der Waals surface area contributed by atoms with Gasteiger partial charge in [0.2, 0.25) is 0 Å². The van der Waals surface area contributed by atoms with E-state index >= 15 is 0 Å². The maximum atomic E-state index is 10.7. The molecule has 1 aromatic carbocycles. The molecule has 84 valence electrons. The van der Waals surface area contributed by atoms with Gasteiger partial charge in [0.05, 0.1) is 5.75 Å². The van der Waals surface area contributed by atoms with Crippen LogP contribution in [-0.2, 0) is 4.79 Å². The lowest BCUT2D eigenvalue weighted by atomic mass is 10.0. The second kappa shape index (κ2) is 5.98. The molecular weight excluding hydrogens is 240 g/mol. The van der Waals surface area contributed by atoms with E-state index < -0.39 is 0 Å². The van der Waals surface area contributed by atoms with Gasteiger partial charge in [0.15, 0.2) is 5.12 Å². The topological polar surface area (TPSA) is 17.1 Å². The number of benzene rings is 1. The zero-order chi connectivity index (χ0) is 12.1. The Bertz CT molecular complexity index is 446. The molecular formula is C13H13ClOS. The predicted molar refractivity (Wildman–Crippen MR) is 70.9 cm³/mol. The molecule has 0 heterocycles. The van der Waals surface area contributed by atoms with Crippen LogP contribution in [0.1, 0.15) is 23.6 Å². The lowest BCUT2D eigenvalue weighted by Crippen LogP contribution is -1.88. The highest BCUT2D eigenvalue weighted by Gasteiger charge is 2.01. The van der Waals surface area contributed by atoms with E-state index in [2.05, 4.69) is 11.8 Å². The van der Waals surface area contributed by atoms with Crippen molar-refractivity contribution in [3.63, 3.8) is 0 Å². The molecule has 1 rings (SSSR count). The Morgan fingerprint density at radius 2 is 1.94 bits per heavy atom. The fourth-order valence-corrected chi connectivity index (χ4v) is 2.04. The van der Waals surface area contributed by atoms with Crippen LogP contribution in [0.3, 0.4) is 0 Å². The predicted octanol–water partition coefficient (Wildman–Crippen LogP) is 3.59. The van der Waals surface area contributed by atoms with E-state index in [1.807, 2.05) is 26.0 Å². The third kappa shape index (κ3) is 3.92. The molecule has 0 unspecified atom stereocenters. The smallest absolute Gasteiger partial charge is 0.186 e. The molecule has 0 saturated carbocycles. The Kier molecular flexibility index (Phi) is 4.92. The van der Waals surface area contributed by atoms with Crippen LogP contribution in [0.5, 0.6) is 0 Å². The lowest BCUT2D eigenvalue weighted by molar-refractivity contribution is -0.109. The fourth-order valence-electron chi connectivity index (χ4n) is 1.37. The second-order valence-electron chi connectivity index (χ2n) is 3.50. The van der Waals surface area contributed by atoms with Crippen LogP contribution in [0.4, 0.5) is 0 Å². The van der Waals surface area contributed by atoms with E-state index in [0.29, 0.717) is 5.75 Å². The van der Waals surface area contributed by atoms with Gasteiger partial charge in [-0.05, 0) is 37.1 Å². The standard InChI is InChI=1S/C13H13ClOS/c1-9-7-12(14)8-10(2)13(9)5-4-6-16-11(3)15/h7-8H,6H2,1-3H3. The minimum absolute atomic E-state index is 0.0962. The zero-order valence-corrected chi connectivity index (χ0v) is 11.1. The number of thioether (sulfide) groups is 1. The lowest BCUT2D eigenvalue weighted by Gasteiger charge is -2.03. The third-order valence-electron chi connectivity index (χ3n) is 2.06. The van der Waals surface area contributed by atoms with Crippen LogP contribution in [0.15, 0.2) is 12.1 Å². The first-order chi connectivity index (χ1) is 7.50. The zero-order valence-electron chi connectivity index (χ0n) is 9.56. The Labute approximate surface area is 106 Å². The van der Waals surface area contributed by atoms with Gasteiger partial charge >= 0.3 is 0 Å². The highest BCUT2D eigenvalue weighted by Crippen LogP contribution is 2.19. The van der Waals surface area contributed by atoms with Crippen LogP contribution in [0.25, 0.3) is 0 Å². The van der Waals surface area contributed by atoms with Gasteiger partial charge in [0.25, 0.3) is 0 Å². The molecule has 0 amide bonds. The molecule has 1 nitrogen and oxygen atoms in total. The summed E-state index contributed by atoms with van der Waals surface area (Å²) in [6.07, 6.45) is 0. The van der Waals surface area contributed by atoms with Gasteiger partial charge in [-0.15, -0.1) is 0 Å². The van der Waals surface area contributed by atoms with Crippen molar-refractivity contribution in [2.45, 2.75) is 20.8 Å². The van der Waals surface area contributed by atoms with Crippen LogP contribution < -0.4 is 0 Å². The number of carbonyl (C=O) groups excluding carboxylic acids is 1. The van der Waals surface area contributed by atoms with Crippen molar-refractivity contribution in [3.05, 3.63) is 33.8 Å². The minimum atomic E-state index is 0.0962. The van der Waals surface area contributed by atoms with Crippen LogP contribution >= 0.6 is 23.4 Å². The van der Waals surface area contributed by atoms with Gasteiger partial charge in [0.1, 0.15) is 0 Å². The SMILES string of the molecule is CC(=O)SCC#Cc1c(C)cc(Cl)cc1C. The van der Waals surface area contributed by atoms with Crippen molar-refractivity contribution in [2.75, 3.05) is 5.75 Å². The highest BCUT2D eigenvalue weighted by molar-refractivity contribution is 8.13. The summed E-state index contributed by atoms with van der Waals surface area (Å²) in [4.78, 5) is 10.7. The number of rotatable bonds is 1. The number of halogens is 1. The third-order valence-corrected chi connectivity index (χ3v) is 2.97. The van der Waals surface area contributed by atoms with E-state index in [1.54, 1.807) is 6.92 Å². The van der Waals surface area contributed by atoms with Crippen molar-refractivity contribution in [2.24, 2.45) is 0 Å². The molecule has 3 heteroatoms. The van der Waals surface area contributed by atoms with Crippen molar-refractivity contribution in [3.8, 4) is 11.8 Å².